The first-order valence-electron chi connectivity index (χ1n) is 4.12. The lowest BCUT2D eigenvalue weighted by Crippen LogP contribution is -2.47. The first-order valence-corrected chi connectivity index (χ1v) is 4.12. The normalized spacial score (nSPS) is 14.1. The van der Waals surface area contributed by atoms with Crippen LogP contribution in [0.3, 0.4) is 0 Å². The van der Waals surface area contributed by atoms with Gasteiger partial charge in [0.1, 0.15) is 6.04 Å². The summed E-state index contributed by atoms with van der Waals surface area (Å²) < 4.78 is 0. The highest BCUT2D eigenvalue weighted by molar-refractivity contribution is 5.86. The molecule has 0 aliphatic rings. The van der Waals surface area contributed by atoms with Gasteiger partial charge in [0.25, 0.3) is 0 Å². The third kappa shape index (κ3) is 4.56. The zero-order valence-corrected chi connectivity index (χ0v) is 7.82. The molecule has 0 aromatic carbocycles. The molecular weight excluding hydrogens is 188 g/mol. The minimum absolute atomic E-state index is 0.0251. The van der Waals surface area contributed by atoms with Crippen molar-refractivity contribution in [3.8, 4) is 0 Å². The van der Waals surface area contributed by atoms with E-state index in [2.05, 4.69) is 5.32 Å². The molecule has 0 rings (SSSR count). The molecule has 0 saturated carbocycles. The maximum Gasteiger partial charge on any atom is 0.326 e. The molecule has 0 fully saturated rings. The van der Waals surface area contributed by atoms with E-state index in [1.54, 1.807) is 6.29 Å². The topological polar surface area (TPSA) is 109 Å². The number of amides is 1. The van der Waals surface area contributed by atoms with Crippen molar-refractivity contribution in [2.75, 3.05) is 0 Å². The Morgan fingerprint density at radius 3 is 2.50 bits per heavy atom. The van der Waals surface area contributed by atoms with E-state index in [9.17, 15) is 14.4 Å². The highest BCUT2D eigenvalue weighted by Gasteiger charge is 2.20. The van der Waals surface area contributed by atoms with Gasteiger partial charge >= 0.3 is 5.97 Å². The van der Waals surface area contributed by atoms with Gasteiger partial charge in [0.05, 0.1) is 6.04 Å². The van der Waals surface area contributed by atoms with E-state index in [4.69, 9.17) is 10.8 Å². The average molecular weight is 201 g/mol. The molecule has 6 nitrogen and oxygen atoms in total. The van der Waals surface area contributed by atoms with E-state index in [-0.39, 0.29) is 12.8 Å². The van der Waals surface area contributed by atoms with Crippen molar-refractivity contribution in [1.82, 2.24) is 5.32 Å². The lowest BCUT2D eigenvalue weighted by Gasteiger charge is -2.14. The monoisotopic (exact) mass is 201 g/mol. The summed E-state index contributed by atoms with van der Waals surface area (Å²) >= 11 is 0. The quantitative estimate of drug-likeness (QED) is 0.499. The third-order valence-electron chi connectivity index (χ3n) is 1.56. The first-order chi connectivity index (χ1) is 6.49. The number of rotatable bonds is 6. The molecule has 79 valence electrons. The highest BCUT2D eigenvalue weighted by atomic mass is 16.4. The van der Waals surface area contributed by atoms with Crippen LogP contribution in [0, 0.1) is 0 Å². The fourth-order valence-corrected chi connectivity index (χ4v) is 0.764. The lowest BCUT2D eigenvalue weighted by molar-refractivity contribution is -0.142. The molecule has 0 aliphatic carbocycles. The van der Waals surface area contributed by atoms with Crippen LogP contribution in [0.5, 0.6) is 0 Å². The second-order valence-electron chi connectivity index (χ2n) is 2.87. The van der Waals surface area contributed by atoms with Gasteiger partial charge in [0, 0.05) is 6.42 Å². The summed E-state index contributed by atoms with van der Waals surface area (Å²) in [6, 6.07) is -1.84. The van der Waals surface area contributed by atoms with Crippen LogP contribution in [0.2, 0.25) is 0 Å². The summed E-state index contributed by atoms with van der Waals surface area (Å²) in [6.45, 7) is 1.44. The molecular formula is C8H13N2O4. The Labute approximate surface area is 81.5 Å². The van der Waals surface area contributed by atoms with Gasteiger partial charge in [0.2, 0.25) is 5.91 Å². The van der Waals surface area contributed by atoms with Gasteiger partial charge in [-0.2, -0.15) is 0 Å². The maximum atomic E-state index is 11.0. The van der Waals surface area contributed by atoms with Gasteiger partial charge in [-0.15, -0.1) is 0 Å². The summed E-state index contributed by atoms with van der Waals surface area (Å²) in [5.41, 5.74) is 5.23. The van der Waals surface area contributed by atoms with E-state index in [0.717, 1.165) is 0 Å². The Morgan fingerprint density at radius 2 is 2.14 bits per heavy atom. The van der Waals surface area contributed by atoms with Gasteiger partial charge in [-0.1, -0.05) is 0 Å². The van der Waals surface area contributed by atoms with Crippen LogP contribution >= 0.6 is 0 Å². The van der Waals surface area contributed by atoms with Gasteiger partial charge in [0.15, 0.2) is 6.29 Å². The van der Waals surface area contributed by atoms with Crippen LogP contribution < -0.4 is 11.1 Å². The molecule has 2 atom stereocenters. The van der Waals surface area contributed by atoms with Crippen molar-refractivity contribution in [3.63, 3.8) is 0 Å². The number of nitrogens with two attached hydrogens (primary N) is 1. The number of aliphatic carboxylic acids is 1. The Morgan fingerprint density at radius 1 is 1.57 bits per heavy atom. The minimum atomic E-state index is -1.19. The second kappa shape index (κ2) is 6.09. The number of carbonyl (C=O) groups is 2. The molecule has 4 N–H and O–H groups in total. The zero-order chi connectivity index (χ0) is 11.1. The molecule has 1 amide bonds. The molecule has 0 heterocycles. The van der Waals surface area contributed by atoms with Crippen molar-refractivity contribution in [2.45, 2.75) is 31.8 Å². The number of nitrogens with one attached hydrogen (secondary N) is 1. The van der Waals surface area contributed by atoms with Gasteiger partial charge in [-0.05, 0) is 13.3 Å². The molecule has 0 aromatic rings. The number of carboxylic acid groups (broad SMARTS) is 1. The van der Waals surface area contributed by atoms with Crippen LogP contribution in [-0.2, 0) is 14.4 Å². The fraction of sp³-hybridized carbons (Fsp3) is 0.625. The van der Waals surface area contributed by atoms with Crippen molar-refractivity contribution in [3.05, 3.63) is 0 Å². The Hall–Kier alpha value is -1.43. The number of hydrogen-bond donors (Lipinski definition) is 3. The van der Waals surface area contributed by atoms with E-state index in [1.165, 1.54) is 6.92 Å². The van der Waals surface area contributed by atoms with Crippen molar-refractivity contribution in [2.24, 2.45) is 5.73 Å². The second-order valence-corrected chi connectivity index (χ2v) is 2.87. The fourth-order valence-electron chi connectivity index (χ4n) is 0.764. The maximum absolute atomic E-state index is 11.0. The highest BCUT2D eigenvalue weighted by Crippen LogP contribution is 1.96. The zero-order valence-electron chi connectivity index (χ0n) is 7.82. The van der Waals surface area contributed by atoms with Crippen LogP contribution in [-0.4, -0.2) is 35.4 Å². The molecule has 0 saturated heterocycles. The summed E-state index contributed by atoms with van der Waals surface area (Å²) in [5, 5.41) is 10.9. The molecule has 0 unspecified atom stereocenters. The van der Waals surface area contributed by atoms with Gasteiger partial charge in [-0.3, -0.25) is 9.59 Å². The lowest BCUT2D eigenvalue weighted by atomic mass is 10.1. The summed E-state index contributed by atoms with van der Waals surface area (Å²) in [6.07, 6.45) is 1.55. The Bertz CT molecular complexity index is 227. The minimum Gasteiger partial charge on any atom is -0.480 e. The standard InChI is InChI=1S/C8H13N2O4/c1-5(9)7(12)10-6(8(13)14)3-2-4-11/h5-6H,2-3,9H2,1H3,(H,10,12)(H,13,14)/t5-,6+/m0/s1. The smallest absolute Gasteiger partial charge is 0.326 e. The summed E-state index contributed by atoms with van der Waals surface area (Å²) in [4.78, 5) is 31.5. The van der Waals surface area contributed by atoms with E-state index in [1.807, 2.05) is 0 Å². The molecule has 1 radical (unpaired) electrons. The van der Waals surface area contributed by atoms with Crippen molar-refractivity contribution in [1.29, 1.82) is 0 Å². The molecule has 0 bridgehead atoms. The number of carbonyl (C=O) groups excluding carboxylic acids is 2. The summed E-state index contributed by atoms with van der Waals surface area (Å²) in [5.74, 6) is -1.74. The van der Waals surface area contributed by atoms with Crippen molar-refractivity contribution >= 4 is 18.2 Å². The Kier molecular flexibility index (Phi) is 5.47. The molecule has 0 aromatic heterocycles. The van der Waals surface area contributed by atoms with Crippen LogP contribution in [0.1, 0.15) is 19.8 Å². The molecule has 0 spiro atoms. The summed E-state index contributed by atoms with van der Waals surface area (Å²) in [7, 11) is 0. The largest absolute Gasteiger partial charge is 0.480 e. The van der Waals surface area contributed by atoms with E-state index in [0.29, 0.717) is 0 Å². The van der Waals surface area contributed by atoms with Crippen LogP contribution in [0.25, 0.3) is 0 Å². The van der Waals surface area contributed by atoms with Gasteiger partial charge in [-0.25, -0.2) is 4.79 Å². The number of carboxylic acids is 1. The predicted octanol–water partition coefficient (Wildman–Crippen LogP) is -1.21. The Balaban J connectivity index is 4.15. The molecule has 0 aliphatic heterocycles. The predicted molar refractivity (Wildman–Crippen MR) is 48.1 cm³/mol. The van der Waals surface area contributed by atoms with Crippen LogP contribution in [0.4, 0.5) is 0 Å². The number of hydrogen-bond acceptors (Lipinski definition) is 4. The average Bonchev–Trinajstić information content (AvgIpc) is 2.10. The van der Waals surface area contributed by atoms with Crippen LogP contribution in [0.15, 0.2) is 0 Å². The van der Waals surface area contributed by atoms with Gasteiger partial charge < -0.3 is 16.2 Å². The molecule has 14 heavy (non-hydrogen) atoms. The SMILES string of the molecule is C[C@H](N)C(=O)N[C@H](CC[C]=O)C(=O)O. The van der Waals surface area contributed by atoms with E-state index >= 15 is 0 Å². The van der Waals surface area contributed by atoms with Crippen molar-refractivity contribution < 1.29 is 19.5 Å². The van der Waals surface area contributed by atoms with E-state index < -0.39 is 24.0 Å². The third-order valence-corrected chi connectivity index (χ3v) is 1.56. The molecule has 6 heteroatoms. The first kappa shape index (κ1) is 12.6.